The molecule has 2 aromatic rings. The molecule has 0 bridgehead atoms. The lowest BCUT2D eigenvalue weighted by Crippen LogP contribution is -1.94. The van der Waals surface area contributed by atoms with E-state index in [1.807, 2.05) is 0 Å². The Hall–Kier alpha value is -2.84. The summed E-state index contributed by atoms with van der Waals surface area (Å²) in [5.41, 5.74) is 1.39. The SMILES string of the molecule is COc1ccc(/C=C(/C#N)c2cccc(Cl)c2)cc1[N+](=O)[O-]. The number of nitriles is 1. The molecule has 5 nitrogen and oxygen atoms in total. The van der Waals surface area contributed by atoms with Gasteiger partial charge in [-0.3, -0.25) is 10.1 Å². The minimum absolute atomic E-state index is 0.153. The highest BCUT2D eigenvalue weighted by molar-refractivity contribution is 6.30. The lowest BCUT2D eigenvalue weighted by Gasteiger charge is -2.04. The summed E-state index contributed by atoms with van der Waals surface area (Å²) in [5, 5.41) is 20.8. The first-order valence-electron chi connectivity index (χ1n) is 6.25. The van der Waals surface area contributed by atoms with Crippen LogP contribution in [0.5, 0.6) is 5.75 Å². The summed E-state index contributed by atoms with van der Waals surface area (Å²) < 4.78 is 4.95. The number of benzene rings is 2. The summed E-state index contributed by atoms with van der Waals surface area (Å²) in [7, 11) is 1.37. The maximum Gasteiger partial charge on any atom is 0.311 e. The van der Waals surface area contributed by atoms with Crippen molar-refractivity contribution in [2.24, 2.45) is 0 Å². The number of hydrogen-bond donors (Lipinski definition) is 0. The molecule has 0 aromatic heterocycles. The van der Waals surface area contributed by atoms with Gasteiger partial charge in [0.2, 0.25) is 0 Å². The Morgan fingerprint density at radius 2 is 2.14 bits per heavy atom. The van der Waals surface area contributed by atoms with Gasteiger partial charge < -0.3 is 4.74 Å². The van der Waals surface area contributed by atoms with Crippen LogP contribution in [0.1, 0.15) is 11.1 Å². The van der Waals surface area contributed by atoms with Crippen molar-refractivity contribution in [3.63, 3.8) is 0 Å². The summed E-state index contributed by atoms with van der Waals surface area (Å²) >= 11 is 5.91. The van der Waals surface area contributed by atoms with Crippen LogP contribution >= 0.6 is 11.6 Å². The van der Waals surface area contributed by atoms with Gasteiger partial charge >= 0.3 is 5.69 Å². The second kappa shape index (κ2) is 6.74. The Kier molecular flexibility index (Phi) is 4.77. The van der Waals surface area contributed by atoms with Crippen LogP contribution in [0.2, 0.25) is 5.02 Å². The second-order valence-electron chi connectivity index (χ2n) is 4.37. The largest absolute Gasteiger partial charge is 0.490 e. The summed E-state index contributed by atoms with van der Waals surface area (Å²) in [6.45, 7) is 0. The molecule has 0 aliphatic rings. The fraction of sp³-hybridized carbons (Fsp3) is 0.0625. The Bertz CT molecular complexity index is 794. The van der Waals surface area contributed by atoms with Crippen molar-refractivity contribution in [2.45, 2.75) is 0 Å². The van der Waals surface area contributed by atoms with Crippen LogP contribution in [0.3, 0.4) is 0 Å². The Morgan fingerprint density at radius 1 is 1.36 bits per heavy atom. The van der Waals surface area contributed by atoms with Gasteiger partial charge in [-0.25, -0.2) is 0 Å². The topological polar surface area (TPSA) is 76.2 Å². The van der Waals surface area contributed by atoms with Crippen LogP contribution in [0, 0.1) is 21.4 Å². The van der Waals surface area contributed by atoms with Crippen LogP contribution < -0.4 is 4.74 Å². The predicted molar refractivity (Wildman–Crippen MR) is 84.6 cm³/mol. The summed E-state index contributed by atoms with van der Waals surface area (Å²) in [4.78, 5) is 10.5. The van der Waals surface area contributed by atoms with Gasteiger partial charge in [0, 0.05) is 11.1 Å². The van der Waals surface area contributed by atoms with E-state index in [2.05, 4.69) is 6.07 Å². The van der Waals surface area contributed by atoms with Crippen LogP contribution in [0.25, 0.3) is 11.6 Å². The minimum Gasteiger partial charge on any atom is -0.490 e. The van der Waals surface area contributed by atoms with Gasteiger partial charge in [0.05, 0.1) is 23.7 Å². The lowest BCUT2D eigenvalue weighted by molar-refractivity contribution is -0.385. The maximum absolute atomic E-state index is 11.0. The van der Waals surface area contributed by atoms with Crippen molar-refractivity contribution in [3.05, 3.63) is 68.7 Å². The van der Waals surface area contributed by atoms with Gasteiger partial charge in [0.1, 0.15) is 0 Å². The fourth-order valence-electron chi connectivity index (χ4n) is 1.94. The highest BCUT2D eigenvalue weighted by Crippen LogP contribution is 2.29. The molecule has 0 spiro atoms. The molecule has 6 heteroatoms. The van der Waals surface area contributed by atoms with Crippen molar-refractivity contribution in [1.29, 1.82) is 5.26 Å². The molecule has 0 radical (unpaired) electrons. The zero-order chi connectivity index (χ0) is 16.1. The van der Waals surface area contributed by atoms with Gasteiger partial charge in [0.15, 0.2) is 5.75 Å². The van der Waals surface area contributed by atoms with E-state index in [9.17, 15) is 15.4 Å². The maximum atomic E-state index is 11.0. The number of ether oxygens (including phenoxy) is 1. The van der Waals surface area contributed by atoms with E-state index in [0.717, 1.165) is 0 Å². The van der Waals surface area contributed by atoms with E-state index in [0.29, 0.717) is 21.7 Å². The molecular weight excluding hydrogens is 304 g/mol. The van der Waals surface area contributed by atoms with Crippen LogP contribution in [-0.4, -0.2) is 12.0 Å². The van der Waals surface area contributed by atoms with Crippen molar-refractivity contribution in [2.75, 3.05) is 7.11 Å². The molecule has 22 heavy (non-hydrogen) atoms. The molecule has 0 saturated heterocycles. The molecule has 2 rings (SSSR count). The minimum atomic E-state index is -0.526. The molecule has 0 N–H and O–H groups in total. The molecule has 0 amide bonds. The third-order valence-corrected chi connectivity index (χ3v) is 3.20. The Morgan fingerprint density at radius 3 is 2.73 bits per heavy atom. The Labute approximate surface area is 132 Å². The van der Waals surface area contributed by atoms with E-state index in [-0.39, 0.29) is 11.4 Å². The van der Waals surface area contributed by atoms with Gasteiger partial charge in [-0.1, -0.05) is 29.8 Å². The van der Waals surface area contributed by atoms with E-state index in [1.165, 1.54) is 19.2 Å². The first kappa shape index (κ1) is 15.5. The molecule has 0 aliphatic heterocycles. The summed E-state index contributed by atoms with van der Waals surface area (Å²) in [6, 6.07) is 13.4. The van der Waals surface area contributed by atoms with Gasteiger partial charge in [0.25, 0.3) is 0 Å². The zero-order valence-corrected chi connectivity index (χ0v) is 12.4. The van der Waals surface area contributed by atoms with Crippen molar-refractivity contribution in [3.8, 4) is 11.8 Å². The van der Waals surface area contributed by atoms with Gasteiger partial charge in [-0.2, -0.15) is 5.26 Å². The second-order valence-corrected chi connectivity index (χ2v) is 4.80. The number of allylic oxidation sites excluding steroid dienone is 1. The van der Waals surface area contributed by atoms with Crippen LogP contribution in [0.15, 0.2) is 42.5 Å². The Balaban J connectivity index is 2.49. The average Bonchev–Trinajstić information content (AvgIpc) is 2.52. The molecule has 110 valence electrons. The van der Waals surface area contributed by atoms with E-state index in [1.54, 1.807) is 36.4 Å². The fourth-order valence-corrected chi connectivity index (χ4v) is 2.13. The number of nitro groups is 1. The normalized spacial score (nSPS) is 10.9. The lowest BCUT2D eigenvalue weighted by atomic mass is 10.0. The smallest absolute Gasteiger partial charge is 0.311 e. The van der Waals surface area contributed by atoms with Gasteiger partial charge in [-0.05, 0) is 35.4 Å². The van der Waals surface area contributed by atoms with E-state index >= 15 is 0 Å². The number of nitro benzene ring substituents is 1. The van der Waals surface area contributed by atoms with Crippen molar-refractivity contribution in [1.82, 2.24) is 0 Å². The van der Waals surface area contributed by atoms with E-state index in [4.69, 9.17) is 16.3 Å². The van der Waals surface area contributed by atoms with Crippen molar-refractivity contribution >= 4 is 28.9 Å². The van der Waals surface area contributed by atoms with E-state index < -0.39 is 4.92 Å². The van der Waals surface area contributed by atoms with Crippen LogP contribution in [-0.2, 0) is 0 Å². The van der Waals surface area contributed by atoms with Crippen molar-refractivity contribution < 1.29 is 9.66 Å². The highest BCUT2D eigenvalue weighted by Gasteiger charge is 2.14. The third kappa shape index (κ3) is 3.43. The monoisotopic (exact) mass is 314 g/mol. The first-order chi connectivity index (χ1) is 10.5. The van der Waals surface area contributed by atoms with Gasteiger partial charge in [-0.15, -0.1) is 0 Å². The number of halogens is 1. The molecular formula is C16H11ClN2O3. The molecule has 0 saturated carbocycles. The zero-order valence-electron chi connectivity index (χ0n) is 11.6. The molecule has 0 aliphatic carbocycles. The first-order valence-corrected chi connectivity index (χ1v) is 6.63. The molecule has 0 fully saturated rings. The standard InChI is InChI=1S/C16H11ClN2O3/c1-22-16-6-5-11(8-15(16)19(20)21)7-13(10-18)12-3-2-4-14(17)9-12/h2-9H,1H3/b13-7-. The number of nitrogens with zero attached hydrogens (tertiary/aromatic N) is 2. The summed E-state index contributed by atoms with van der Waals surface area (Å²) in [6.07, 6.45) is 1.57. The predicted octanol–water partition coefficient (Wildman–Crippen LogP) is 4.32. The number of rotatable bonds is 4. The molecule has 0 unspecified atom stereocenters. The quantitative estimate of drug-likeness (QED) is 0.364. The number of methoxy groups -OCH3 is 1. The third-order valence-electron chi connectivity index (χ3n) is 2.97. The molecule has 2 aromatic carbocycles. The molecule has 0 atom stereocenters. The summed E-state index contributed by atoms with van der Waals surface area (Å²) in [5.74, 6) is 0.170. The van der Waals surface area contributed by atoms with Crippen LogP contribution in [0.4, 0.5) is 5.69 Å². The average molecular weight is 315 g/mol. The molecule has 0 heterocycles. The highest BCUT2D eigenvalue weighted by atomic mass is 35.5. The number of hydrogen-bond acceptors (Lipinski definition) is 4.